The molecule has 2 rings (SSSR count). The summed E-state index contributed by atoms with van der Waals surface area (Å²) >= 11 is 0. The van der Waals surface area contributed by atoms with Gasteiger partial charge in [0.25, 0.3) is 0 Å². The van der Waals surface area contributed by atoms with Gasteiger partial charge in [-0.2, -0.15) is 0 Å². The fraction of sp³-hybridized carbons (Fsp3) is 0.400. The molecule has 3 heteroatoms. The molecule has 0 aliphatic rings. The van der Waals surface area contributed by atoms with Crippen molar-refractivity contribution >= 4 is 0 Å². The Bertz CT molecular complexity index is 604. The summed E-state index contributed by atoms with van der Waals surface area (Å²) in [5, 5.41) is 11.4. The van der Waals surface area contributed by atoms with Gasteiger partial charge in [-0.05, 0) is 48.2 Å². The number of rotatable bonds is 7. The maximum absolute atomic E-state index is 11.4. The molecule has 1 N–H and O–H groups in total. The summed E-state index contributed by atoms with van der Waals surface area (Å²) in [5.74, 6) is 1.64. The fourth-order valence-electron chi connectivity index (χ4n) is 3.22. The second-order valence-electron chi connectivity index (χ2n) is 5.74. The summed E-state index contributed by atoms with van der Waals surface area (Å²) < 4.78 is 10.4. The predicted octanol–water partition coefficient (Wildman–Crippen LogP) is 4.50. The summed E-state index contributed by atoms with van der Waals surface area (Å²) in [6, 6.07) is 15.7. The van der Waals surface area contributed by atoms with Crippen molar-refractivity contribution in [2.45, 2.75) is 38.2 Å². The molecule has 0 aromatic heterocycles. The highest BCUT2D eigenvalue weighted by Gasteiger charge is 2.36. The lowest BCUT2D eigenvalue weighted by molar-refractivity contribution is 0.00143. The molecule has 0 saturated carbocycles. The Balaban J connectivity index is 2.40. The Morgan fingerprint density at radius 2 is 1.35 bits per heavy atom. The van der Waals surface area contributed by atoms with Crippen LogP contribution in [0.25, 0.3) is 0 Å². The second kappa shape index (κ2) is 7.51. The summed E-state index contributed by atoms with van der Waals surface area (Å²) in [6.07, 6.45) is 1.49. The molecule has 0 heterocycles. The van der Waals surface area contributed by atoms with Gasteiger partial charge in [0.05, 0.1) is 19.8 Å². The third-order valence-corrected chi connectivity index (χ3v) is 4.63. The first-order valence-electron chi connectivity index (χ1n) is 8.09. The van der Waals surface area contributed by atoms with Crippen LogP contribution in [0.5, 0.6) is 11.5 Å². The first-order valence-corrected chi connectivity index (χ1v) is 8.09. The molecule has 0 radical (unpaired) electrons. The van der Waals surface area contributed by atoms with Crippen LogP contribution in [0.2, 0.25) is 0 Å². The molecule has 0 saturated heterocycles. The van der Waals surface area contributed by atoms with E-state index in [-0.39, 0.29) is 5.92 Å². The molecule has 2 aromatic carbocycles. The van der Waals surface area contributed by atoms with Crippen molar-refractivity contribution in [1.82, 2.24) is 0 Å². The van der Waals surface area contributed by atoms with Crippen LogP contribution < -0.4 is 9.47 Å². The van der Waals surface area contributed by atoms with Crippen LogP contribution in [0.1, 0.15) is 43.7 Å². The van der Waals surface area contributed by atoms with Gasteiger partial charge in [-0.1, -0.05) is 38.1 Å². The van der Waals surface area contributed by atoms with Crippen molar-refractivity contribution in [2.24, 2.45) is 0 Å². The highest BCUT2D eigenvalue weighted by molar-refractivity contribution is 5.36. The number of hydrogen-bond donors (Lipinski definition) is 1. The highest BCUT2D eigenvalue weighted by atomic mass is 16.5. The van der Waals surface area contributed by atoms with E-state index in [0.29, 0.717) is 6.42 Å². The lowest BCUT2D eigenvalue weighted by atomic mass is 9.74. The molecule has 2 aromatic rings. The van der Waals surface area contributed by atoms with Crippen molar-refractivity contribution in [1.29, 1.82) is 0 Å². The van der Waals surface area contributed by atoms with Gasteiger partial charge in [0.15, 0.2) is 0 Å². The van der Waals surface area contributed by atoms with Crippen molar-refractivity contribution in [2.75, 3.05) is 14.2 Å². The molecular formula is C20H26O3. The SMILES string of the molecule is CC[C@@H](c1ccc(OC)cc1)[C@@](O)(CC)c1ccc(OC)cc1. The topological polar surface area (TPSA) is 38.7 Å². The minimum Gasteiger partial charge on any atom is -0.497 e. The van der Waals surface area contributed by atoms with Crippen LogP contribution >= 0.6 is 0 Å². The molecule has 0 bridgehead atoms. The molecule has 0 amide bonds. The maximum Gasteiger partial charge on any atom is 0.118 e. The molecule has 0 fully saturated rings. The van der Waals surface area contributed by atoms with E-state index in [4.69, 9.17) is 9.47 Å². The zero-order valence-electron chi connectivity index (χ0n) is 14.4. The van der Waals surface area contributed by atoms with E-state index >= 15 is 0 Å². The monoisotopic (exact) mass is 314 g/mol. The van der Waals surface area contributed by atoms with E-state index < -0.39 is 5.60 Å². The molecule has 0 spiro atoms. The van der Waals surface area contributed by atoms with Crippen molar-refractivity contribution in [3.05, 3.63) is 59.7 Å². The fourth-order valence-corrected chi connectivity index (χ4v) is 3.22. The Labute approximate surface area is 138 Å². The van der Waals surface area contributed by atoms with Gasteiger partial charge in [-0.25, -0.2) is 0 Å². The largest absolute Gasteiger partial charge is 0.497 e. The Kier molecular flexibility index (Phi) is 5.67. The highest BCUT2D eigenvalue weighted by Crippen LogP contribution is 2.42. The summed E-state index contributed by atoms with van der Waals surface area (Å²) in [7, 11) is 3.30. The predicted molar refractivity (Wildman–Crippen MR) is 93.2 cm³/mol. The minimum atomic E-state index is -0.907. The molecule has 124 valence electrons. The average Bonchev–Trinajstić information content (AvgIpc) is 2.62. The molecule has 0 aliphatic heterocycles. The number of aliphatic hydroxyl groups is 1. The van der Waals surface area contributed by atoms with Crippen LogP contribution in [-0.4, -0.2) is 19.3 Å². The molecule has 2 atom stereocenters. The van der Waals surface area contributed by atoms with Crippen molar-refractivity contribution < 1.29 is 14.6 Å². The van der Waals surface area contributed by atoms with E-state index in [2.05, 4.69) is 6.92 Å². The summed E-state index contributed by atoms with van der Waals surface area (Å²) in [4.78, 5) is 0. The Morgan fingerprint density at radius 3 is 1.74 bits per heavy atom. The third-order valence-electron chi connectivity index (χ3n) is 4.63. The van der Waals surface area contributed by atoms with Crippen LogP contribution in [0.15, 0.2) is 48.5 Å². The van der Waals surface area contributed by atoms with Gasteiger partial charge >= 0.3 is 0 Å². The standard InChI is InChI=1S/C20H26O3/c1-5-19(15-7-11-17(22-3)12-8-15)20(21,6-2)16-9-13-18(23-4)14-10-16/h7-14,19,21H,5-6H2,1-4H3/t19-,20+/m0/s1. The number of methoxy groups -OCH3 is 2. The smallest absolute Gasteiger partial charge is 0.118 e. The number of hydrogen-bond acceptors (Lipinski definition) is 3. The van der Waals surface area contributed by atoms with Crippen molar-refractivity contribution in [3.63, 3.8) is 0 Å². The third kappa shape index (κ3) is 3.50. The quantitative estimate of drug-likeness (QED) is 0.818. The Morgan fingerprint density at radius 1 is 0.870 bits per heavy atom. The van der Waals surface area contributed by atoms with Gasteiger partial charge in [-0.3, -0.25) is 0 Å². The Hall–Kier alpha value is -2.00. The number of ether oxygens (including phenoxy) is 2. The van der Waals surface area contributed by atoms with Crippen LogP contribution in [-0.2, 0) is 5.60 Å². The van der Waals surface area contributed by atoms with Gasteiger partial charge in [0, 0.05) is 5.92 Å². The lowest BCUT2D eigenvalue weighted by Crippen LogP contribution is -2.32. The molecular weight excluding hydrogens is 288 g/mol. The maximum atomic E-state index is 11.4. The molecule has 3 nitrogen and oxygen atoms in total. The van der Waals surface area contributed by atoms with Crippen LogP contribution in [0.3, 0.4) is 0 Å². The van der Waals surface area contributed by atoms with E-state index in [9.17, 15) is 5.11 Å². The first kappa shape index (κ1) is 17.4. The van der Waals surface area contributed by atoms with Crippen molar-refractivity contribution in [3.8, 4) is 11.5 Å². The van der Waals surface area contributed by atoms with E-state index in [1.54, 1.807) is 14.2 Å². The van der Waals surface area contributed by atoms with E-state index in [1.165, 1.54) is 0 Å². The lowest BCUT2D eigenvalue weighted by Gasteiger charge is -2.36. The molecule has 0 aliphatic carbocycles. The first-order chi connectivity index (χ1) is 11.1. The second-order valence-corrected chi connectivity index (χ2v) is 5.74. The summed E-state index contributed by atoms with van der Waals surface area (Å²) in [6.45, 7) is 4.13. The molecule has 23 heavy (non-hydrogen) atoms. The number of benzene rings is 2. The zero-order valence-corrected chi connectivity index (χ0v) is 14.4. The minimum absolute atomic E-state index is 0.0202. The van der Waals surface area contributed by atoms with Gasteiger partial charge in [0.1, 0.15) is 11.5 Å². The van der Waals surface area contributed by atoms with Crippen LogP contribution in [0, 0.1) is 0 Å². The normalized spacial score (nSPS) is 14.8. The van der Waals surface area contributed by atoms with E-state index in [0.717, 1.165) is 29.0 Å². The van der Waals surface area contributed by atoms with Crippen LogP contribution in [0.4, 0.5) is 0 Å². The summed E-state index contributed by atoms with van der Waals surface area (Å²) in [5.41, 5.74) is 1.13. The average molecular weight is 314 g/mol. The van der Waals surface area contributed by atoms with E-state index in [1.807, 2.05) is 55.5 Å². The van der Waals surface area contributed by atoms with Gasteiger partial charge < -0.3 is 14.6 Å². The van der Waals surface area contributed by atoms with Gasteiger partial charge in [0.2, 0.25) is 0 Å². The zero-order chi connectivity index (χ0) is 16.9. The van der Waals surface area contributed by atoms with Gasteiger partial charge in [-0.15, -0.1) is 0 Å². The molecule has 0 unspecified atom stereocenters.